The van der Waals surface area contributed by atoms with Gasteiger partial charge >= 0.3 is 0 Å². The largest absolute Gasteiger partial charge is 0.379 e. The summed E-state index contributed by atoms with van der Waals surface area (Å²) in [5.74, 6) is 0. The van der Waals surface area contributed by atoms with Crippen molar-refractivity contribution in [1.29, 1.82) is 0 Å². The highest BCUT2D eigenvalue weighted by molar-refractivity contribution is 7.99. The van der Waals surface area contributed by atoms with E-state index in [0.29, 0.717) is 4.75 Å². The number of thioether (sulfide) groups is 1. The topological polar surface area (TPSA) is 21.3 Å². The van der Waals surface area contributed by atoms with Gasteiger partial charge in [-0.3, -0.25) is 0 Å². The molecule has 0 atom stereocenters. The van der Waals surface area contributed by atoms with Gasteiger partial charge < -0.3 is 10.1 Å². The molecule has 3 heteroatoms. The van der Waals surface area contributed by atoms with Crippen LogP contribution in [0.1, 0.15) is 34.1 Å². The smallest absolute Gasteiger partial charge is 0.0634 e. The lowest BCUT2D eigenvalue weighted by Crippen LogP contribution is -2.35. The minimum Gasteiger partial charge on any atom is -0.379 e. The molecule has 0 saturated carbocycles. The highest BCUT2D eigenvalue weighted by Crippen LogP contribution is 2.19. The van der Waals surface area contributed by atoms with Crippen LogP contribution in [0.15, 0.2) is 0 Å². The van der Waals surface area contributed by atoms with Crippen LogP contribution in [-0.4, -0.2) is 36.8 Å². The van der Waals surface area contributed by atoms with Crippen molar-refractivity contribution in [2.24, 2.45) is 0 Å². The molecule has 0 bridgehead atoms. The molecule has 0 amide bonds. The van der Waals surface area contributed by atoms with Crippen LogP contribution in [0, 0.1) is 0 Å². The van der Waals surface area contributed by atoms with Gasteiger partial charge in [-0.15, -0.1) is 0 Å². The Hall–Kier alpha value is 0.270. The predicted molar refractivity (Wildman–Crippen MR) is 66.2 cm³/mol. The third kappa shape index (κ3) is 6.68. The molecule has 0 rings (SSSR count). The minimum atomic E-state index is -0.00347. The van der Waals surface area contributed by atoms with E-state index in [1.165, 1.54) is 0 Å². The van der Waals surface area contributed by atoms with Crippen LogP contribution >= 0.6 is 11.8 Å². The second-order valence-electron chi connectivity index (χ2n) is 4.85. The van der Waals surface area contributed by atoms with Crippen LogP contribution in [0.2, 0.25) is 0 Å². The maximum atomic E-state index is 5.35. The molecule has 0 saturated heterocycles. The molecule has 0 radical (unpaired) electrons. The van der Waals surface area contributed by atoms with Crippen molar-refractivity contribution in [3.8, 4) is 0 Å². The second-order valence-corrected chi connectivity index (χ2v) is 6.37. The van der Waals surface area contributed by atoms with Gasteiger partial charge in [0, 0.05) is 18.4 Å². The Bertz CT molecular complexity index is 139. The molecule has 86 valence electrons. The van der Waals surface area contributed by atoms with E-state index in [-0.39, 0.29) is 5.60 Å². The summed E-state index contributed by atoms with van der Waals surface area (Å²) in [5, 5.41) is 3.47. The molecule has 0 aliphatic carbocycles. The standard InChI is InChI=1S/C11H25NOS/c1-10(2,13-5)7-8-12-9-11(3,4)14-6/h12H,7-9H2,1-6H3. The molecule has 0 aliphatic heterocycles. The summed E-state index contributed by atoms with van der Waals surface area (Å²) in [7, 11) is 1.77. The quantitative estimate of drug-likeness (QED) is 0.665. The Kier molecular flexibility index (Phi) is 6.10. The minimum absolute atomic E-state index is 0.00347. The third-order valence-electron chi connectivity index (χ3n) is 2.56. The zero-order valence-electron chi connectivity index (χ0n) is 10.4. The summed E-state index contributed by atoms with van der Waals surface area (Å²) in [5.41, 5.74) is -0.00347. The number of hydrogen-bond acceptors (Lipinski definition) is 3. The fraction of sp³-hybridized carbons (Fsp3) is 1.00. The van der Waals surface area contributed by atoms with E-state index in [4.69, 9.17) is 4.74 Å². The van der Waals surface area contributed by atoms with Gasteiger partial charge in [0.05, 0.1) is 5.60 Å². The Balaban J connectivity index is 3.57. The molecular formula is C11H25NOS. The maximum Gasteiger partial charge on any atom is 0.0634 e. The zero-order valence-corrected chi connectivity index (χ0v) is 11.3. The lowest BCUT2D eigenvalue weighted by molar-refractivity contribution is 0.0158. The first-order chi connectivity index (χ1) is 6.33. The zero-order chi connectivity index (χ0) is 11.2. The highest BCUT2D eigenvalue weighted by Gasteiger charge is 2.18. The molecule has 0 aromatic rings. The Morgan fingerprint density at radius 3 is 2.21 bits per heavy atom. The normalized spacial score (nSPS) is 13.3. The summed E-state index contributed by atoms with van der Waals surface area (Å²) in [6.45, 7) is 10.8. The van der Waals surface area contributed by atoms with Gasteiger partial charge in [0.15, 0.2) is 0 Å². The molecule has 0 aromatic heterocycles. The Morgan fingerprint density at radius 2 is 1.79 bits per heavy atom. The summed E-state index contributed by atoms with van der Waals surface area (Å²) in [6.07, 6.45) is 3.20. The number of methoxy groups -OCH3 is 1. The fourth-order valence-electron chi connectivity index (χ4n) is 0.953. The first kappa shape index (κ1) is 14.3. The van der Waals surface area contributed by atoms with E-state index in [9.17, 15) is 0 Å². The van der Waals surface area contributed by atoms with Crippen molar-refractivity contribution >= 4 is 11.8 Å². The van der Waals surface area contributed by atoms with E-state index in [2.05, 4.69) is 39.3 Å². The molecular weight excluding hydrogens is 194 g/mol. The maximum absolute atomic E-state index is 5.35. The van der Waals surface area contributed by atoms with Crippen LogP contribution in [0.5, 0.6) is 0 Å². The number of rotatable bonds is 7. The van der Waals surface area contributed by atoms with E-state index in [0.717, 1.165) is 19.5 Å². The second kappa shape index (κ2) is 5.99. The number of ether oxygens (including phenoxy) is 1. The lowest BCUT2D eigenvalue weighted by Gasteiger charge is -2.26. The van der Waals surface area contributed by atoms with Crippen molar-refractivity contribution in [2.45, 2.75) is 44.5 Å². The fourth-order valence-corrected chi connectivity index (χ4v) is 1.20. The van der Waals surface area contributed by atoms with Crippen LogP contribution in [-0.2, 0) is 4.74 Å². The van der Waals surface area contributed by atoms with Gasteiger partial charge in [-0.2, -0.15) is 11.8 Å². The monoisotopic (exact) mass is 219 g/mol. The molecule has 0 aliphatic rings. The Labute approximate surface area is 93.2 Å². The van der Waals surface area contributed by atoms with Crippen LogP contribution in [0.4, 0.5) is 0 Å². The van der Waals surface area contributed by atoms with Crippen LogP contribution in [0.25, 0.3) is 0 Å². The van der Waals surface area contributed by atoms with Gasteiger partial charge in [-0.05, 0) is 46.9 Å². The summed E-state index contributed by atoms with van der Waals surface area (Å²) in [6, 6.07) is 0. The van der Waals surface area contributed by atoms with Crippen molar-refractivity contribution in [2.75, 3.05) is 26.5 Å². The van der Waals surface area contributed by atoms with Gasteiger partial charge in [0.1, 0.15) is 0 Å². The van der Waals surface area contributed by atoms with Crippen molar-refractivity contribution in [3.05, 3.63) is 0 Å². The summed E-state index contributed by atoms with van der Waals surface area (Å²) < 4.78 is 5.68. The molecule has 0 heterocycles. The molecule has 0 aromatic carbocycles. The first-order valence-electron chi connectivity index (χ1n) is 5.14. The lowest BCUT2D eigenvalue weighted by atomic mass is 10.1. The average Bonchev–Trinajstić information content (AvgIpc) is 2.13. The van der Waals surface area contributed by atoms with Gasteiger partial charge in [0.25, 0.3) is 0 Å². The van der Waals surface area contributed by atoms with E-state index >= 15 is 0 Å². The summed E-state index contributed by atoms with van der Waals surface area (Å²) in [4.78, 5) is 0. The average molecular weight is 219 g/mol. The Morgan fingerprint density at radius 1 is 1.21 bits per heavy atom. The van der Waals surface area contributed by atoms with Crippen molar-refractivity contribution < 1.29 is 4.74 Å². The predicted octanol–water partition coefficient (Wildman–Crippen LogP) is 2.53. The third-order valence-corrected chi connectivity index (χ3v) is 3.81. The molecule has 1 N–H and O–H groups in total. The highest BCUT2D eigenvalue weighted by atomic mass is 32.2. The van der Waals surface area contributed by atoms with Gasteiger partial charge in [-0.25, -0.2) is 0 Å². The molecule has 14 heavy (non-hydrogen) atoms. The molecule has 0 unspecified atom stereocenters. The van der Waals surface area contributed by atoms with Crippen molar-refractivity contribution in [1.82, 2.24) is 5.32 Å². The van der Waals surface area contributed by atoms with Gasteiger partial charge in [-0.1, -0.05) is 0 Å². The molecule has 2 nitrogen and oxygen atoms in total. The van der Waals surface area contributed by atoms with Crippen molar-refractivity contribution in [3.63, 3.8) is 0 Å². The van der Waals surface area contributed by atoms with Crippen LogP contribution < -0.4 is 5.32 Å². The van der Waals surface area contributed by atoms with Crippen LogP contribution in [0.3, 0.4) is 0 Å². The SMILES string of the molecule is COC(C)(C)CCNCC(C)(C)SC. The molecule has 0 spiro atoms. The number of hydrogen-bond donors (Lipinski definition) is 1. The van der Waals surface area contributed by atoms with E-state index in [1.807, 2.05) is 11.8 Å². The first-order valence-corrected chi connectivity index (χ1v) is 6.36. The molecule has 0 fully saturated rings. The number of nitrogens with one attached hydrogen (secondary N) is 1. The van der Waals surface area contributed by atoms with E-state index in [1.54, 1.807) is 7.11 Å². The summed E-state index contributed by atoms with van der Waals surface area (Å²) >= 11 is 1.90. The van der Waals surface area contributed by atoms with E-state index < -0.39 is 0 Å². The van der Waals surface area contributed by atoms with Gasteiger partial charge in [0.2, 0.25) is 0 Å².